The van der Waals surface area contributed by atoms with Gasteiger partial charge in [-0.2, -0.15) is 0 Å². The molecule has 0 radical (unpaired) electrons. The van der Waals surface area contributed by atoms with Crippen LogP contribution in [0.5, 0.6) is 5.75 Å². The van der Waals surface area contributed by atoms with Gasteiger partial charge in [0, 0.05) is 11.8 Å². The second-order valence-corrected chi connectivity index (χ2v) is 8.44. The number of hydrogen-bond acceptors (Lipinski definition) is 3. The molecule has 0 amide bonds. The van der Waals surface area contributed by atoms with Gasteiger partial charge in [0.2, 0.25) is 0 Å². The Bertz CT molecular complexity index is 1220. The summed E-state index contributed by atoms with van der Waals surface area (Å²) in [5.41, 5.74) is 5.72. The van der Waals surface area contributed by atoms with Crippen LogP contribution in [0.2, 0.25) is 0 Å². The number of benzene rings is 4. The van der Waals surface area contributed by atoms with Gasteiger partial charge in [0.15, 0.2) is 0 Å². The van der Waals surface area contributed by atoms with Gasteiger partial charge < -0.3 is 9.47 Å². The molecule has 1 saturated carbocycles. The first-order valence-corrected chi connectivity index (χ1v) is 11.2. The molecule has 3 heteroatoms. The molecular formula is C30H26O3. The first-order valence-electron chi connectivity index (χ1n) is 11.2. The fourth-order valence-corrected chi connectivity index (χ4v) is 4.65. The van der Waals surface area contributed by atoms with Crippen molar-refractivity contribution in [3.63, 3.8) is 0 Å². The van der Waals surface area contributed by atoms with Crippen LogP contribution in [0, 0.1) is 5.92 Å². The molecule has 0 aliphatic heterocycles. The standard InChI is InChI=1S/C30H26O3/c1-32-30(31)29-27(23-11-6-3-7-12-23)28(29)24-17-15-22(16-18-24)25-13-8-14-26(19-25)33-20-21-9-4-2-5-10-21/h2-19,27-29H,20H2,1H3/t27-,28-,29-/m1/s1. The lowest BCUT2D eigenvalue weighted by Gasteiger charge is -2.09. The highest BCUT2D eigenvalue weighted by Gasteiger charge is 2.56. The zero-order chi connectivity index (χ0) is 22.6. The second-order valence-electron chi connectivity index (χ2n) is 8.44. The third kappa shape index (κ3) is 4.54. The van der Waals surface area contributed by atoms with E-state index in [0.29, 0.717) is 6.61 Å². The van der Waals surface area contributed by atoms with E-state index >= 15 is 0 Å². The van der Waals surface area contributed by atoms with Crippen LogP contribution >= 0.6 is 0 Å². The van der Waals surface area contributed by atoms with Crippen molar-refractivity contribution < 1.29 is 14.3 Å². The monoisotopic (exact) mass is 434 g/mol. The van der Waals surface area contributed by atoms with Gasteiger partial charge in [-0.25, -0.2) is 0 Å². The van der Waals surface area contributed by atoms with Crippen molar-refractivity contribution in [3.05, 3.63) is 126 Å². The molecule has 1 aliphatic rings. The molecule has 3 atom stereocenters. The molecule has 4 aromatic rings. The summed E-state index contributed by atoms with van der Waals surface area (Å²) in [4.78, 5) is 12.4. The summed E-state index contributed by atoms with van der Waals surface area (Å²) in [6, 6.07) is 37.1. The predicted molar refractivity (Wildman–Crippen MR) is 130 cm³/mol. The fraction of sp³-hybridized carbons (Fsp3) is 0.167. The third-order valence-electron chi connectivity index (χ3n) is 6.39. The van der Waals surface area contributed by atoms with E-state index in [9.17, 15) is 4.79 Å². The minimum Gasteiger partial charge on any atom is -0.489 e. The smallest absolute Gasteiger partial charge is 0.309 e. The minimum atomic E-state index is -0.138. The van der Waals surface area contributed by atoms with E-state index in [2.05, 4.69) is 60.7 Å². The first kappa shape index (κ1) is 21.0. The summed E-state index contributed by atoms with van der Waals surface area (Å²) in [5, 5.41) is 0. The number of carbonyl (C=O) groups is 1. The molecule has 0 bridgehead atoms. The van der Waals surface area contributed by atoms with E-state index in [-0.39, 0.29) is 23.7 Å². The van der Waals surface area contributed by atoms with Crippen LogP contribution in [0.4, 0.5) is 0 Å². The Morgan fingerprint density at radius 1 is 0.697 bits per heavy atom. The second kappa shape index (κ2) is 9.33. The lowest BCUT2D eigenvalue weighted by atomic mass is 10.00. The van der Waals surface area contributed by atoms with Gasteiger partial charge in [0.1, 0.15) is 12.4 Å². The highest BCUT2D eigenvalue weighted by Crippen LogP contribution is 2.61. The number of methoxy groups -OCH3 is 1. The Kier molecular flexibility index (Phi) is 5.95. The number of rotatable bonds is 7. The van der Waals surface area contributed by atoms with Crippen molar-refractivity contribution in [1.29, 1.82) is 0 Å². The van der Waals surface area contributed by atoms with Crippen LogP contribution in [0.25, 0.3) is 11.1 Å². The lowest BCUT2D eigenvalue weighted by molar-refractivity contribution is -0.142. The number of esters is 1. The van der Waals surface area contributed by atoms with Crippen LogP contribution < -0.4 is 4.74 Å². The van der Waals surface area contributed by atoms with Gasteiger partial charge in [0.25, 0.3) is 0 Å². The first-order chi connectivity index (χ1) is 16.2. The van der Waals surface area contributed by atoms with Gasteiger partial charge in [-0.1, -0.05) is 97.1 Å². The molecule has 33 heavy (non-hydrogen) atoms. The molecule has 0 aromatic heterocycles. The van der Waals surface area contributed by atoms with E-state index in [0.717, 1.165) is 22.4 Å². The molecular weight excluding hydrogens is 408 g/mol. The zero-order valence-electron chi connectivity index (χ0n) is 18.6. The molecule has 0 spiro atoms. The van der Waals surface area contributed by atoms with Gasteiger partial charge in [-0.15, -0.1) is 0 Å². The predicted octanol–water partition coefficient (Wildman–Crippen LogP) is 6.60. The Balaban J connectivity index is 1.33. The van der Waals surface area contributed by atoms with E-state index in [1.807, 2.05) is 48.5 Å². The normalized spacial score (nSPS) is 19.0. The summed E-state index contributed by atoms with van der Waals surface area (Å²) in [7, 11) is 1.47. The summed E-state index contributed by atoms with van der Waals surface area (Å²) < 4.78 is 11.1. The van der Waals surface area contributed by atoms with Gasteiger partial charge >= 0.3 is 5.97 Å². The molecule has 0 unspecified atom stereocenters. The lowest BCUT2D eigenvalue weighted by Crippen LogP contribution is -2.05. The van der Waals surface area contributed by atoms with Crippen molar-refractivity contribution in [2.45, 2.75) is 18.4 Å². The molecule has 0 heterocycles. The molecule has 3 nitrogen and oxygen atoms in total. The van der Waals surface area contributed by atoms with Crippen molar-refractivity contribution >= 4 is 5.97 Å². The molecule has 164 valence electrons. The summed E-state index contributed by atoms with van der Waals surface area (Å²) in [6.45, 7) is 0.542. The highest BCUT2D eigenvalue weighted by molar-refractivity contribution is 5.80. The largest absolute Gasteiger partial charge is 0.489 e. The van der Waals surface area contributed by atoms with Gasteiger partial charge in [-0.3, -0.25) is 4.79 Å². The quantitative estimate of drug-likeness (QED) is 0.307. The van der Waals surface area contributed by atoms with Crippen LogP contribution in [0.15, 0.2) is 109 Å². The van der Waals surface area contributed by atoms with Crippen LogP contribution in [-0.4, -0.2) is 13.1 Å². The SMILES string of the molecule is COC(=O)[C@@H]1[C@H](c2ccccc2)[C@H]1c1ccc(-c2cccc(OCc3ccccc3)c2)cc1. The maximum absolute atomic E-state index is 12.4. The van der Waals surface area contributed by atoms with E-state index in [4.69, 9.17) is 9.47 Å². The van der Waals surface area contributed by atoms with Gasteiger partial charge in [0.05, 0.1) is 13.0 Å². The summed E-state index contributed by atoms with van der Waals surface area (Å²) in [5.74, 6) is 0.894. The summed E-state index contributed by atoms with van der Waals surface area (Å²) >= 11 is 0. The molecule has 0 saturated heterocycles. The van der Waals surface area contributed by atoms with Crippen molar-refractivity contribution in [2.75, 3.05) is 7.11 Å². The molecule has 1 fully saturated rings. The average Bonchev–Trinajstić information content (AvgIpc) is 3.64. The zero-order valence-corrected chi connectivity index (χ0v) is 18.6. The summed E-state index contributed by atoms with van der Waals surface area (Å²) in [6.07, 6.45) is 0. The van der Waals surface area contributed by atoms with E-state index < -0.39 is 0 Å². The van der Waals surface area contributed by atoms with Crippen LogP contribution in [0.1, 0.15) is 28.5 Å². The Morgan fingerprint density at radius 2 is 1.33 bits per heavy atom. The number of hydrogen-bond donors (Lipinski definition) is 0. The van der Waals surface area contributed by atoms with E-state index in [1.165, 1.54) is 18.2 Å². The van der Waals surface area contributed by atoms with Crippen molar-refractivity contribution in [3.8, 4) is 16.9 Å². The third-order valence-corrected chi connectivity index (χ3v) is 6.39. The van der Waals surface area contributed by atoms with Crippen molar-refractivity contribution in [1.82, 2.24) is 0 Å². The average molecular weight is 435 g/mol. The Labute approximate surface area is 194 Å². The van der Waals surface area contributed by atoms with E-state index in [1.54, 1.807) is 0 Å². The number of carbonyl (C=O) groups excluding carboxylic acids is 1. The number of ether oxygens (including phenoxy) is 2. The Hall–Kier alpha value is -3.85. The van der Waals surface area contributed by atoms with Crippen molar-refractivity contribution in [2.24, 2.45) is 5.92 Å². The fourth-order valence-electron chi connectivity index (χ4n) is 4.65. The molecule has 0 N–H and O–H groups in total. The topological polar surface area (TPSA) is 35.5 Å². The molecule has 4 aromatic carbocycles. The molecule has 1 aliphatic carbocycles. The maximum atomic E-state index is 12.4. The minimum absolute atomic E-state index is 0.127. The highest BCUT2D eigenvalue weighted by atomic mass is 16.5. The maximum Gasteiger partial charge on any atom is 0.309 e. The van der Waals surface area contributed by atoms with Crippen LogP contribution in [-0.2, 0) is 16.1 Å². The Morgan fingerprint density at radius 3 is 2.00 bits per heavy atom. The van der Waals surface area contributed by atoms with Gasteiger partial charge in [-0.05, 0) is 39.9 Å². The van der Waals surface area contributed by atoms with Crippen LogP contribution in [0.3, 0.4) is 0 Å². The molecule has 5 rings (SSSR count).